The zero-order valence-corrected chi connectivity index (χ0v) is 23.3. The van der Waals surface area contributed by atoms with Crippen molar-refractivity contribution in [3.05, 3.63) is 76.3 Å². The first-order valence-corrected chi connectivity index (χ1v) is 15.3. The zero-order valence-electron chi connectivity index (χ0n) is 22.5. The number of carboxylic acids is 1. The van der Waals surface area contributed by atoms with E-state index in [1.54, 1.807) is 0 Å². The largest absolute Gasteiger partial charge is 0.494 e. The van der Waals surface area contributed by atoms with Crippen LogP contribution in [0.15, 0.2) is 48.5 Å². The van der Waals surface area contributed by atoms with Crippen molar-refractivity contribution in [2.45, 2.75) is 51.6 Å². The van der Waals surface area contributed by atoms with Gasteiger partial charge in [-0.05, 0) is 84.7 Å². The quantitative estimate of drug-likeness (QED) is 0.319. The molecule has 0 radical (unpaired) electrons. The predicted octanol–water partition coefficient (Wildman–Crippen LogP) is 5.80. The number of fused-ring (bicyclic) bond motifs is 2. The van der Waals surface area contributed by atoms with Crippen molar-refractivity contribution in [2.75, 3.05) is 25.2 Å². The van der Waals surface area contributed by atoms with Crippen LogP contribution in [0.1, 0.15) is 59.1 Å². The maximum atomic E-state index is 11.4. The van der Waals surface area contributed by atoms with Crippen LogP contribution >= 0.6 is 0 Å². The Morgan fingerprint density at radius 2 is 1.82 bits per heavy atom. The van der Waals surface area contributed by atoms with Gasteiger partial charge < -0.3 is 19.3 Å². The average molecular weight is 551 g/mol. The molecule has 7 nitrogen and oxygen atoms in total. The van der Waals surface area contributed by atoms with E-state index in [0.717, 1.165) is 41.0 Å². The number of carboxylic acid groups (broad SMARTS) is 1. The first kappa shape index (κ1) is 27.1. The number of rotatable bonds is 10. The van der Waals surface area contributed by atoms with Crippen molar-refractivity contribution in [3.63, 3.8) is 0 Å². The summed E-state index contributed by atoms with van der Waals surface area (Å²) >= 11 is 0. The van der Waals surface area contributed by atoms with E-state index in [-0.39, 0.29) is 24.2 Å². The van der Waals surface area contributed by atoms with Crippen molar-refractivity contribution >= 4 is 15.8 Å². The first-order chi connectivity index (χ1) is 18.6. The fourth-order valence-corrected chi connectivity index (χ4v) is 6.43. The minimum atomic E-state index is -2.99. The number of carbonyl (C=O) groups is 1. The van der Waals surface area contributed by atoms with E-state index < -0.39 is 15.8 Å². The van der Waals surface area contributed by atoms with E-state index in [4.69, 9.17) is 19.3 Å². The molecule has 0 aromatic heterocycles. The van der Waals surface area contributed by atoms with Gasteiger partial charge in [-0.2, -0.15) is 0 Å². The van der Waals surface area contributed by atoms with Crippen molar-refractivity contribution in [3.8, 4) is 28.4 Å². The molecule has 1 aliphatic heterocycles. The molecule has 5 rings (SSSR count). The molecule has 0 amide bonds. The molecule has 2 atom stereocenters. The molecule has 0 spiro atoms. The van der Waals surface area contributed by atoms with Gasteiger partial charge in [0.05, 0.1) is 25.4 Å². The van der Waals surface area contributed by atoms with Gasteiger partial charge in [0.1, 0.15) is 33.2 Å². The summed E-state index contributed by atoms with van der Waals surface area (Å²) in [6.45, 7) is 4.90. The molecule has 0 saturated carbocycles. The number of aliphatic carboxylic acids is 1. The molecule has 0 fully saturated rings. The van der Waals surface area contributed by atoms with Crippen LogP contribution < -0.4 is 14.2 Å². The van der Waals surface area contributed by atoms with Gasteiger partial charge in [-0.1, -0.05) is 24.3 Å². The summed E-state index contributed by atoms with van der Waals surface area (Å²) in [6.07, 6.45) is 3.45. The monoisotopic (exact) mass is 550 g/mol. The highest BCUT2D eigenvalue weighted by molar-refractivity contribution is 7.90. The second kappa shape index (κ2) is 10.9. The van der Waals surface area contributed by atoms with E-state index in [1.165, 1.54) is 28.5 Å². The first-order valence-electron chi connectivity index (χ1n) is 13.3. The predicted molar refractivity (Wildman–Crippen MR) is 150 cm³/mol. The maximum absolute atomic E-state index is 11.4. The topological polar surface area (TPSA) is 99.1 Å². The van der Waals surface area contributed by atoms with E-state index in [0.29, 0.717) is 25.4 Å². The van der Waals surface area contributed by atoms with Gasteiger partial charge >= 0.3 is 5.97 Å². The third-order valence-electron chi connectivity index (χ3n) is 7.48. The molecule has 0 bridgehead atoms. The fourth-order valence-electron chi connectivity index (χ4n) is 5.79. The molecule has 0 unspecified atom stereocenters. The van der Waals surface area contributed by atoms with Crippen LogP contribution in [0.3, 0.4) is 0 Å². The lowest BCUT2D eigenvalue weighted by Crippen LogP contribution is -2.08. The number of hydrogen-bond donors (Lipinski definition) is 1. The summed E-state index contributed by atoms with van der Waals surface area (Å²) in [5.74, 6) is 1.34. The fraction of sp³-hybridized carbons (Fsp3) is 0.387. The molecule has 1 N–H and O–H groups in total. The number of hydrogen-bond acceptors (Lipinski definition) is 6. The Morgan fingerprint density at radius 3 is 2.54 bits per heavy atom. The summed E-state index contributed by atoms with van der Waals surface area (Å²) in [4.78, 5) is 11.1. The Hall–Kier alpha value is -3.52. The molecule has 8 heteroatoms. The van der Waals surface area contributed by atoms with Crippen LogP contribution in [-0.4, -0.2) is 44.7 Å². The molecular formula is C31H34O7S. The van der Waals surface area contributed by atoms with Gasteiger partial charge in [-0.15, -0.1) is 0 Å². The summed E-state index contributed by atoms with van der Waals surface area (Å²) in [5.41, 5.74) is 7.99. The summed E-state index contributed by atoms with van der Waals surface area (Å²) in [7, 11) is -2.99. The lowest BCUT2D eigenvalue weighted by Gasteiger charge is -2.18. The smallest absolute Gasteiger partial charge is 0.304 e. The Balaban J connectivity index is 1.33. The number of sulfone groups is 1. The average Bonchev–Trinajstić information content (AvgIpc) is 3.45. The van der Waals surface area contributed by atoms with Gasteiger partial charge in [0.2, 0.25) is 0 Å². The van der Waals surface area contributed by atoms with Gasteiger partial charge in [0.25, 0.3) is 0 Å². The highest BCUT2D eigenvalue weighted by Crippen LogP contribution is 2.44. The van der Waals surface area contributed by atoms with Crippen molar-refractivity contribution in [2.24, 2.45) is 0 Å². The second-order valence-corrected chi connectivity index (χ2v) is 12.8. The minimum Gasteiger partial charge on any atom is -0.494 e. The van der Waals surface area contributed by atoms with Crippen LogP contribution in [0, 0.1) is 13.8 Å². The summed E-state index contributed by atoms with van der Waals surface area (Å²) in [5, 5.41) is 9.15. The standard InChI is InChI=1S/C31H34O7S/c1-19-14-23(36-12-5-13-39(3,34)35)15-20(2)31(19)27-7-4-6-26-25(27)10-11-28(26)38-22-8-9-24-21(16-30(32)33)18-37-29(24)17-22/h4,6-9,14-15,17,21,28H,5,10-13,16,18H2,1-3H3,(H,32,33)/t21-,28-/m1/s1. The molecular weight excluding hydrogens is 516 g/mol. The molecule has 1 aliphatic carbocycles. The number of aryl methyl sites for hydroxylation is 2. The highest BCUT2D eigenvalue weighted by Gasteiger charge is 2.30. The van der Waals surface area contributed by atoms with E-state index >= 15 is 0 Å². The molecule has 0 saturated heterocycles. The van der Waals surface area contributed by atoms with Gasteiger partial charge in [-0.3, -0.25) is 4.79 Å². The Bertz CT molecular complexity index is 1490. The molecule has 206 valence electrons. The molecule has 3 aromatic carbocycles. The summed E-state index contributed by atoms with van der Waals surface area (Å²) < 4.78 is 40.8. The van der Waals surface area contributed by atoms with Gasteiger partial charge in [0.15, 0.2) is 0 Å². The zero-order chi connectivity index (χ0) is 27.7. The van der Waals surface area contributed by atoms with Crippen LogP contribution in [0.25, 0.3) is 11.1 Å². The summed E-state index contributed by atoms with van der Waals surface area (Å²) in [6, 6.07) is 16.1. The Labute approximate surface area is 229 Å². The van der Waals surface area contributed by atoms with Crippen LogP contribution in [0.2, 0.25) is 0 Å². The lowest BCUT2D eigenvalue weighted by molar-refractivity contribution is -0.137. The SMILES string of the molecule is Cc1cc(OCCCS(C)(=O)=O)cc(C)c1-c1cccc2c1CC[C@H]2Oc1ccc2c(c1)OC[C@H]2CC(=O)O. The Morgan fingerprint density at radius 1 is 1.05 bits per heavy atom. The molecule has 2 aliphatic rings. The van der Waals surface area contributed by atoms with Crippen LogP contribution in [-0.2, 0) is 21.1 Å². The third kappa shape index (κ3) is 6.06. The highest BCUT2D eigenvalue weighted by atomic mass is 32.2. The Kier molecular flexibility index (Phi) is 7.58. The van der Waals surface area contributed by atoms with E-state index in [2.05, 4.69) is 32.0 Å². The molecule has 3 aromatic rings. The second-order valence-electron chi connectivity index (χ2n) is 10.6. The number of benzene rings is 3. The number of ether oxygens (including phenoxy) is 3. The van der Waals surface area contributed by atoms with Gasteiger partial charge in [0, 0.05) is 23.8 Å². The molecule has 39 heavy (non-hydrogen) atoms. The van der Waals surface area contributed by atoms with Crippen molar-refractivity contribution in [1.82, 2.24) is 0 Å². The van der Waals surface area contributed by atoms with Crippen LogP contribution in [0.5, 0.6) is 17.2 Å². The van der Waals surface area contributed by atoms with Gasteiger partial charge in [-0.25, -0.2) is 8.42 Å². The van der Waals surface area contributed by atoms with E-state index in [1.807, 2.05) is 30.3 Å². The van der Waals surface area contributed by atoms with Crippen molar-refractivity contribution in [1.29, 1.82) is 0 Å². The van der Waals surface area contributed by atoms with Crippen molar-refractivity contribution < 1.29 is 32.5 Å². The lowest BCUT2D eigenvalue weighted by atomic mass is 9.90. The minimum absolute atomic E-state index is 0.0566. The van der Waals surface area contributed by atoms with Crippen LogP contribution in [0.4, 0.5) is 0 Å². The normalized spacial score (nSPS) is 17.8. The van der Waals surface area contributed by atoms with E-state index in [9.17, 15) is 13.2 Å². The maximum Gasteiger partial charge on any atom is 0.304 e. The third-order valence-corrected chi connectivity index (χ3v) is 8.51. The molecule has 1 heterocycles.